The van der Waals surface area contributed by atoms with Gasteiger partial charge in [-0.15, -0.1) is 0 Å². The Kier molecular flexibility index (Phi) is 24.5. The number of nitrogens with one attached hydrogen (secondary N) is 3. The topological polar surface area (TPSA) is 506 Å². The van der Waals surface area contributed by atoms with E-state index >= 15 is 0 Å². The average molecular weight is 1410 g/mol. The Balaban J connectivity index is 0.000000165. The Morgan fingerprint density at radius 1 is 0.422 bits per heavy atom. The van der Waals surface area contributed by atoms with Crippen LogP contribution in [0.4, 0.5) is 17.5 Å². The SMILES string of the molecule is CCNC(=O)[C@H]1O[C@@H](n2cnc3c(N)nc(C#CCC4CCN(C(C)=O)CC4)nc32)[C@@H](O)C1O.CCNC(=O)[C@H]1O[C@@H](n2cnc3c(N)nc(C#CCC4CCN(C(C)=O)CC4)nc32)[C@@H](O)C1O.CCNC(=O)[C@H]1O[C@@H](n2cnc3c(N)nc(C#CCC4CCN(C(C)=O)CC4)nc32)[C@@H](O)C1O. The van der Waals surface area contributed by atoms with E-state index in [1.807, 2.05) is 14.7 Å². The van der Waals surface area contributed by atoms with Crippen molar-refractivity contribution in [2.24, 2.45) is 17.8 Å². The number of nitrogens with two attached hydrogens (primary N) is 3. The van der Waals surface area contributed by atoms with Gasteiger partial charge in [-0.25, -0.2) is 44.9 Å². The molecule has 6 aliphatic rings. The molecule has 0 aliphatic carbocycles. The zero-order valence-electron chi connectivity index (χ0n) is 57.4. The van der Waals surface area contributed by atoms with Gasteiger partial charge in [0.2, 0.25) is 35.2 Å². The minimum absolute atomic E-state index is 0.0968. The standard InChI is InChI=1S/3C22H29N7O5/c3*1-3-24-21(33)18-16(31)17(32)22(34-18)29-11-25-15-19(23)26-14(27-20(15)29)6-4-5-13-7-9-28(10-8-13)12(2)30/h3*11,13,16-18,22,31-32H,3,5,7-10H2,1-2H3,(H,24,33)(H2,23,26,27)/t3*16?,17-,18-,22+/m000/s1. The number of aliphatic hydroxyl groups is 6. The molecule has 546 valence electrons. The Labute approximate surface area is 585 Å². The van der Waals surface area contributed by atoms with Gasteiger partial charge in [0.25, 0.3) is 17.7 Å². The van der Waals surface area contributed by atoms with Gasteiger partial charge in [0.15, 0.2) is 71.4 Å². The van der Waals surface area contributed by atoms with E-state index in [2.05, 4.69) is 96.3 Å². The molecule has 36 heteroatoms. The van der Waals surface area contributed by atoms with Crippen LogP contribution in [0.2, 0.25) is 0 Å². The van der Waals surface area contributed by atoms with E-state index in [-0.39, 0.29) is 69.6 Å². The molecule has 36 nitrogen and oxygen atoms in total. The van der Waals surface area contributed by atoms with E-state index in [4.69, 9.17) is 31.4 Å². The van der Waals surface area contributed by atoms with Crippen molar-refractivity contribution in [2.75, 3.05) is 76.1 Å². The lowest BCUT2D eigenvalue weighted by Crippen LogP contribution is -2.42. The first-order chi connectivity index (χ1) is 48.9. The van der Waals surface area contributed by atoms with Gasteiger partial charge in [0, 0.05) is 98.9 Å². The van der Waals surface area contributed by atoms with Crippen molar-refractivity contribution in [3.8, 4) is 35.5 Å². The van der Waals surface area contributed by atoms with Crippen molar-refractivity contribution in [3.63, 3.8) is 0 Å². The van der Waals surface area contributed by atoms with E-state index in [1.165, 1.54) is 32.7 Å². The summed E-state index contributed by atoms with van der Waals surface area (Å²) in [7, 11) is 0. The van der Waals surface area contributed by atoms with Crippen molar-refractivity contribution in [3.05, 3.63) is 36.5 Å². The Bertz CT molecular complexity index is 3820. The lowest BCUT2D eigenvalue weighted by Gasteiger charge is -2.30. The molecule has 12 heterocycles. The molecule has 12 rings (SSSR count). The molecule has 0 bridgehead atoms. The number of amides is 6. The van der Waals surface area contributed by atoms with Gasteiger partial charge in [-0.3, -0.25) is 42.5 Å². The van der Waals surface area contributed by atoms with Crippen LogP contribution >= 0.6 is 0 Å². The summed E-state index contributed by atoms with van der Waals surface area (Å²) in [4.78, 5) is 115. The number of likely N-dealkylation sites (tertiary alicyclic amines) is 3. The predicted octanol–water partition coefficient (Wildman–Crippen LogP) is -2.51. The first kappa shape index (κ1) is 74.9. The number of hydrogen-bond acceptors (Lipinski definition) is 27. The highest BCUT2D eigenvalue weighted by Gasteiger charge is 2.50. The number of carbonyl (C=O) groups excluding carboxylic acids is 6. The fourth-order valence-electron chi connectivity index (χ4n) is 12.9. The van der Waals surface area contributed by atoms with Gasteiger partial charge >= 0.3 is 0 Å². The Morgan fingerprint density at radius 2 is 0.667 bits per heavy atom. The normalized spacial score (nSPS) is 25.2. The number of carbonyl (C=O) groups is 6. The predicted molar refractivity (Wildman–Crippen MR) is 362 cm³/mol. The van der Waals surface area contributed by atoms with Crippen LogP contribution < -0.4 is 33.2 Å². The molecule has 0 saturated carbocycles. The number of aromatic nitrogens is 12. The number of imidazole rings is 3. The number of aliphatic hydroxyl groups excluding tert-OH is 6. The molecular formula is C66H87N21O15. The van der Waals surface area contributed by atoms with Crippen molar-refractivity contribution in [1.29, 1.82) is 0 Å². The molecule has 3 unspecified atom stereocenters. The first-order valence-electron chi connectivity index (χ1n) is 34.0. The van der Waals surface area contributed by atoms with Crippen molar-refractivity contribution >= 4 is 86.4 Å². The molecule has 6 aromatic rings. The minimum Gasteiger partial charge on any atom is -0.387 e. The van der Waals surface area contributed by atoms with Gasteiger partial charge < -0.3 is 92.7 Å². The number of fused-ring (bicyclic) bond motifs is 3. The van der Waals surface area contributed by atoms with E-state index in [0.29, 0.717) is 73.2 Å². The highest BCUT2D eigenvalue weighted by molar-refractivity contribution is 5.86. The van der Waals surface area contributed by atoms with Crippen LogP contribution in [0.1, 0.15) is 135 Å². The number of nitrogens with zero attached hydrogens (tertiary/aromatic N) is 15. The minimum atomic E-state index is -1.41. The molecule has 102 heavy (non-hydrogen) atoms. The maximum absolute atomic E-state index is 12.2. The molecule has 12 atom stereocenters. The van der Waals surface area contributed by atoms with Gasteiger partial charge in [-0.2, -0.15) is 0 Å². The maximum atomic E-state index is 12.2. The Morgan fingerprint density at radius 3 is 0.892 bits per heavy atom. The molecule has 6 aliphatic heterocycles. The molecule has 15 N–H and O–H groups in total. The highest BCUT2D eigenvalue weighted by atomic mass is 16.6. The van der Waals surface area contributed by atoms with Crippen LogP contribution in [0, 0.1) is 53.3 Å². The Hall–Kier alpha value is -9.81. The number of ether oxygens (including phenoxy) is 3. The summed E-state index contributed by atoms with van der Waals surface area (Å²) in [5, 5.41) is 70.3. The average Bonchev–Trinajstić information content (AvgIpc) is 1.63. The van der Waals surface area contributed by atoms with Crippen LogP contribution in [-0.2, 0) is 43.0 Å². The smallest absolute Gasteiger partial charge is 0.252 e. The summed E-state index contributed by atoms with van der Waals surface area (Å²) in [5.41, 5.74) is 19.9. The molecule has 6 amide bonds. The van der Waals surface area contributed by atoms with Gasteiger partial charge in [-0.05, 0) is 94.8 Å². The third-order valence-corrected chi connectivity index (χ3v) is 18.7. The second-order valence-corrected chi connectivity index (χ2v) is 25.6. The molecular weight excluding hydrogens is 1330 g/mol. The van der Waals surface area contributed by atoms with Crippen molar-refractivity contribution in [1.82, 2.24) is 89.2 Å². The zero-order valence-corrected chi connectivity index (χ0v) is 57.4. The van der Waals surface area contributed by atoms with Gasteiger partial charge in [0.05, 0.1) is 19.0 Å². The third-order valence-electron chi connectivity index (χ3n) is 18.7. The highest BCUT2D eigenvalue weighted by Crippen LogP contribution is 2.36. The number of piperidine rings is 3. The van der Waals surface area contributed by atoms with Crippen molar-refractivity contribution < 1.29 is 73.6 Å². The van der Waals surface area contributed by atoms with E-state index in [1.54, 1.807) is 41.5 Å². The summed E-state index contributed by atoms with van der Waals surface area (Å²) < 4.78 is 21.3. The molecule has 6 saturated heterocycles. The van der Waals surface area contributed by atoms with E-state index in [0.717, 1.165) is 77.8 Å². The fourth-order valence-corrected chi connectivity index (χ4v) is 12.9. The van der Waals surface area contributed by atoms with Crippen molar-refractivity contribution in [2.45, 2.75) is 173 Å². The first-order valence-corrected chi connectivity index (χ1v) is 34.0. The zero-order chi connectivity index (χ0) is 73.2. The molecule has 6 fully saturated rings. The fraction of sp³-hybridized carbons (Fsp3) is 0.591. The molecule has 6 aromatic heterocycles. The summed E-state index contributed by atoms with van der Waals surface area (Å²) in [6.07, 6.45) is -3.89. The summed E-state index contributed by atoms with van der Waals surface area (Å²) in [6.45, 7) is 15.5. The summed E-state index contributed by atoms with van der Waals surface area (Å²) in [6, 6.07) is 0. The third kappa shape index (κ3) is 16.9. The number of likely N-dealkylation sites (N-methyl/N-ethyl adjacent to an activating group) is 3. The molecule has 0 radical (unpaired) electrons. The summed E-state index contributed by atoms with van der Waals surface area (Å²) in [5.74, 6) is 19.0. The second-order valence-electron chi connectivity index (χ2n) is 25.6. The quantitative estimate of drug-likeness (QED) is 0.0563. The molecule has 0 aromatic carbocycles. The maximum Gasteiger partial charge on any atom is 0.252 e. The lowest BCUT2D eigenvalue weighted by atomic mass is 9.94. The lowest BCUT2D eigenvalue weighted by molar-refractivity contribution is -0.138. The van der Waals surface area contributed by atoms with E-state index in [9.17, 15) is 59.4 Å². The number of hydrogen-bond donors (Lipinski definition) is 12. The number of anilines is 3. The van der Waals surface area contributed by atoms with Crippen LogP contribution in [0.3, 0.4) is 0 Å². The van der Waals surface area contributed by atoms with E-state index < -0.39 is 91.3 Å². The summed E-state index contributed by atoms with van der Waals surface area (Å²) >= 11 is 0. The van der Waals surface area contributed by atoms with Gasteiger partial charge in [-0.1, -0.05) is 17.8 Å². The largest absolute Gasteiger partial charge is 0.387 e. The van der Waals surface area contributed by atoms with Crippen LogP contribution in [-0.4, -0.2) is 253 Å². The van der Waals surface area contributed by atoms with Gasteiger partial charge in [0.1, 0.15) is 53.2 Å². The number of rotatable bonds is 12. The van der Waals surface area contributed by atoms with Crippen LogP contribution in [0.5, 0.6) is 0 Å². The van der Waals surface area contributed by atoms with Crippen LogP contribution in [0.25, 0.3) is 33.5 Å². The van der Waals surface area contributed by atoms with Crippen LogP contribution in [0.15, 0.2) is 19.0 Å². The number of nitrogen functional groups attached to an aromatic ring is 3. The monoisotopic (exact) mass is 1410 g/mol. The second kappa shape index (κ2) is 33.3. The molecule has 0 spiro atoms.